The maximum absolute atomic E-state index is 6.23. The van der Waals surface area contributed by atoms with Crippen molar-refractivity contribution in [2.24, 2.45) is 0 Å². The summed E-state index contributed by atoms with van der Waals surface area (Å²) in [5.74, 6) is 0. The summed E-state index contributed by atoms with van der Waals surface area (Å²) in [6.07, 6.45) is 2.27. The van der Waals surface area contributed by atoms with Crippen molar-refractivity contribution in [3.63, 3.8) is 0 Å². The van der Waals surface area contributed by atoms with Crippen LogP contribution in [0.2, 0.25) is 0 Å². The van der Waals surface area contributed by atoms with Crippen molar-refractivity contribution in [1.29, 1.82) is 0 Å². The van der Waals surface area contributed by atoms with Crippen molar-refractivity contribution < 1.29 is 4.74 Å². The zero-order valence-corrected chi connectivity index (χ0v) is 17.7. The zero-order valence-electron chi connectivity index (χ0n) is 15.3. The molecule has 3 aromatic rings. The number of thiophene rings is 1. The molecule has 0 radical (unpaired) electrons. The van der Waals surface area contributed by atoms with Gasteiger partial charge in [0.1, 0.15) is 0 Å². The molecule has 0 atom stereocenters. The van der Waals surface area contributed by atoms with Gasteiger partial charge in [-0.1, -0.05) is 36.4 Å². The number of ether oxygens (including phenoxy) is 1. The van der Waals surface area contributed by atoms with E-state index >= 15 is 0 Å². The number of piperidine rings is 1. The molecule has 3 nitrogen and oxygen atoms in total. The normalized spacial score (nSPS) is 19.7. The van der Waals surface area contributed by atoms with Gasteiger partial charge >= 0.3 is 0 Å². The van der Waals surface area contributed by atoms with Gasteiger partial charge in [0.05, 0.1) is 12.2 Å². The first kappa shape index (κ1) is 20.8. The average Bonchev–Trinajstić information content (AvgIpc) is 3.02. The molecule has 2 saturated heterocycles. The summed E-state index contributed by atoms with van der Waals surface area (Å²) >= 11 is 1.94. The van der Waals surface area contributed by atoms with Gasteiger partial charge < -0.3 is 10.1 Å². The second-order valence-electron chi connectivity index (χ2n) is 7.38. The number of nitrogens with zero attached hydrogens (tertiary/aromatic N) is 1. The van der Waals surface area contributed by atoms with Crippen molar-refractivity contribution in [3.8, 4) is 0 Å². The van der Waals surface area contributed by atoms with E-state index in [1.54, 1.807) is 0 Å². The Morgan fingerprint density at radius 2 is 1.78 bits per heavy atom. The first-order chi connectivity index (χ1) is 12.3. The van der Waals surface area contributed by atoms with Gasteiger partial charge in [-0.05, 0) is 37.6 Å². The van der Waals surface area contributed by atoms with Crippen LogP contribution in [0.25, 0.3) is 20.2 Å². The standard InChI is InChI=1S/C21H24N2OS.2ClH/c1-2-7-19-17(5-1)18-6-3-4-16(20(18)25-19)14-23-12-13-24-21(15-23)8-10-22-11-9-21;;/h1-7,22H,8-15H2;2*1H. The van der Waals surface area contributed by atoms with E-state index in [0.29, 0.717) is 0 Å². The van der Waals surface area contributed by atoms with Crippen LogP contribution in [0.3, 0.4) is 0 Å². The molecule has 2 fully saturated rings. The summed E-state index contributed by atoms with van der Waals surface area (Å²) in [7, 11) is 0. The zero-order chi connectivity index (χ0) is 16.7. The lowest BCUT2D eigenvalue weighted by Gasteiger charge is -2.45. The van der Waals surface area contributed by atoms with Crippen LogP contribution in [0.1, 0.15) is 18.4 Å². The van der Waals surface area contributed by atoms with Gasteiger partial charge in [0.2, 0.25) is 0 Å². The lowest BCUT2D eigenvalue weighted by atomic mass is 9.90. The molecular weight excluding hydrogens is 399 g/mol. The predicted molar refractivity (Wildman–Crippen MR) is 120 cm³/mol. The Balaban J connectivity index is 0.00000105. The molecule has 0 saturated carbocycles. The Hall–Kier alpha value is -0.880. The number of halogens is 2. The minimum atomic E-state index is 0. The SMILES string of the molecule is Cl.Cl.c1ccc2c(c1)sc1c(CN3CCOC4(CCNCC4)C3)cccc12. The molecular formula is C21H26Cl2N2OS. The van der Waals surface area contributed by atoms with Crippen molar-refractivity contribution in [2.75, 3.05) is 32.8 Å². The number of rotatable bonds is 2. The van der Waals surface area contributed by atoms with Crippen molar-refractivity contribution in [1.82, 2.24) is 10.2 Å². The van der Waals surface area contributed by atoms with E-state index in [2.05, 4.69) is 52.7 Å². The lowest BCUT2D eigenvalue weighted by Crippen LogP contribution is -2.55. The highest BCUT2D eigenvalue weighted by molar-refractivity contribution is 7.26. The maximum Gasteiger partial charge on any atom is 0.0833 e. The molecule has 2 aliphatic heterocycles. The van der Waals surface area contributed by atoms with E-state index in [1.165, 1.54) is 25.7 Å². The van der Waals surface area contributed by atoms with E-state index in [4.69, 9.17) is 4.74 Å². The molecule has 3 heterocycles. The first-order valence-electron chi connectivity index (χ1n) is 9.29. The molecule has 0 amide bonds. The van der Waals surface area contributed by atoms with E-state index < -0.39 is 0 Å². The minimum absolute atomic E-state index is 0. The second-order valence-corrected chi connectivity index (χ2v) is 8.44. The monoisotopic (exact) mass is 424 g/mol. The average molecular weight is 425 g/mol. The van der Waals surface area contributed by atoms with Gasteiger partial charge in [0, 0.05) is 39.8 Å². The highest BCUT2D eigenvalue weighted by Crippen LogP contribution is 2.36. The van der Waals surface area contributed by atoms with Crippen LogP contribution in [0, 0.1) is 0 Å². The number of hydrogen-bond donors (Lipinski definition) is 1. The van der Waals surface area contributed by atoms with E-state index in [1.807, 2.05) is 11.3 Å². The van der Waals surface area contributed by atoms with Crippen LogP contribution in [-0.2, 0) is 11.3 Å². The van der Waals surface area contributed by atoms with Gasteiger partial charge in [-0.2, -0.15) is 0 Å². The Morgan fingerprint density at radius 1 is 1.00 bits per heavy atom. The number of morpholine rings is 1. The molecule has 0 aliphatic carbocycles. The third kappa shape index (κ3) is 3.98. The molecule has 5 rings (SSSR count). The van der Waals surface area contributed by atoms with Crippen LogP contribution in [0.5, 0.6) is 0 Å². The molecule has 0 unspecified atom stereocenters. The molecule has 0 bridgehead atoms. The molecule has 2 aliphatic rings. The summed E-state index contributed by atoms with van der Waals surface area (Å²) in [6, 6.07) is 15.6. The highest BCUT2D eigenvalue weighted by atomic mass is 35.5. The molecule has 1 spiro atoms. The predicted octanol–water partition coefficient (Wildman–Crippen LogP) is 4.85. The molecule has 6 heteroatoms. The van der Waals surface area contributed by atoms with E-state index in [0.717, 1.165) is 52.2 Å². The number of nitrogens with one attached hydrogen (secondary N) is 1. The Morgan fingerprint density at radius 3 is 2.63 bits per heavy atom. The third-order valence-corrected chi connectivity index (χ3v) is 6.98. The summed E-state index contributed by atoms with van der Waals surface area (Å²) < 4.78 is 9.07. The number of hydrogen-bond acceptors (Lipinski definition) is 4. The fourth-order valence-electron chi connectivity index (χ4n) is 4.41. The Kier molecular flexibility index (Phi) is 6.67. The van der Waals surface area contributed by atoms with Crippen molar-refractivity contribution >= 4 is 56.3 Å². The Bertz CT molecular complexity index is 902. The van der Waals surface area contributed by atoms with Gasteiger partial charge in [0.25, 0.3) is 0 Å². The second kappa shape index (κ2) is 8.64. The highest BCUT2D eigenvalue weighted by Gasteiger charge is 2.37. The van der Waals surface area contributed by atoms with Crippen molar-refractivity contribution in [3.05, 3.63) is 48.0 Å². The largest absolute Gasteiger partial charge is 0.372 e. The summed E-state index contributed by atoms with van der Waals surface area (Å²) in [6.45, 7) is 6.16. The van der Waals surface area contributed by atoms with E-state index in [-0.39, 0.29) is 30.4 Å². The summed E-state index contributed by atoms with van der Waals surface area (Å²) in [5, 5.41) is 6.26. The third-order valence-electron chi connectivity index (χ3n) is 5.72. The summed E-state index contributed by atoms with van der Waals surface area (Å²) in [4.78, 5) is 2.61. The van der Waals surface area contributed by atoms with Gasteiger partial charge in [-0.25, -0.2) is 0 Å². The smallest absolute Gasteiger partial charge is 0.0833 e. The van der Waals surface area contributed by atoms with Gasteiger partial charge in [-0.3, -0.25) is 4.90 Å². The number of benzene rings is 2. The van der Waals surface area contributed by atoms with Crippen LogP contribution in [0.15, 0.2) is 42.5 Å². The minimum Gasteiger partial charge on any atom is -0.372 e. The topological polar surface area (TPSA) is 24.5 Å². The Labute approximate surface area is 176 Å². The van der Waals surface area contributed by atoms with Crippen molar-refractivity contribution in [2.45, 2.75) is 25.0 Å². The molecule has 2 aromatic carbocycles. The molecule has 1 N–H and O–H groups in total. The maximum atomic E-state index is 6.23. The lowest BCUT2D eigenvalue weighted by molar-refractivity contribution is -0.125. The first-order valence-corrected chi connectivity index (χ1v) is 10.1. The number of fused-ring (bicyclic) bond motifs is 3. The van der Waals surface area contributed by atoms with E-state index in [9.17, 15) is 0 Å². The van der Waals surface area contributed by atoms with Crippen LogP contribution >= 0.6 is 36.2 Å². The summed E-state index contributed by atoms with van der Waals surface area (Å²) in [5.41, 5.74) is 1.54. The fourth-order valence-corrected chi connectivity index (χ4v) is 5.62. The molecule has 1 aromatic heterocycles. The van der Waals surface area contributed by atoms with Gasteiger partial charge in [-0.15, -0.1) is 36.2 Å². The fraction of sp³-hybridized carbons (Fsp3) is 0.429. The van der Waals surface area contributed by atoms with Crippen LogP contribution in [0.4, 0.5) is 0 Å². The molecule has 146 valence electrons. The van der Waals surface area contributed by atoms with Gasteiger partial charge in [0.15, 0.2) is 0 Å². The quantitative estimate of drug-likeness (QED) is 0.635. The van der Waals surface area contributed by atoms with Crippen LogP contribution in [-0.4, -0.2) is 43.3 Å². The van der Waals surface area contributed by atoms with Crippen LogP contribution < -0.4 is 5.32 Å². The molecule has 27 heavy (non-hydrogen) atoms.